The third-order valence-corrected chi connectivity index (χ3v) is 6.30. The van der Waals surface area contributed by atoms with Crippen molar-refractivity contribution in [1.82, 2.24) is 0 Å². The van der Waals surface area contributed by atoms with Crippen LogP contribution in [0.2, 0.25) is 0 Å². The minimum absolute atomic E-state index is 0.0710. The first kappa shape index (κ1) is 22.9. The lowest BCUT2D eigenvalue weighted by Gasteiger charge is -2.16. The van der Waals surface area contributed by atoms with Crippen molar-refractivity contribution in [3.63, 3.8) is 0 Å². The predicted molar refractivity (Wildman–Crippen MR) is 99.6 cm³/mol. The second kappa shape index (κ2) is 8.57. The van der Waals surface area contributed by atoms with E-state index < -0.39 is 29.7 Å². The summed E-state index contributed by atoms with van der Waals surface area (Å²) >= 11 is 1.15. The summed E-state index contributed by atoms with van der Waals surface area (Å²) < 4.78 is 89.8. The summed E-state index contributed by atoms with van der Waals surface area (Å²) in [6.45, 7) is 4.85. The Labute approximate surface area is 166 Å². The second-order valence-electron chi connectivity index (χ2n) is 6.34. The molecule has 9 heteroatoms. The second-order valence-corrected chi connectivity index (χ2v) is 8.37. The maximum Gasteiger partial charge on any atom is 0.398 e. The maximum absolute atomic E-state index is 14.6. The topological polar surface area (TPSA) is 0 Å². The zero-order chi connectivity index (χ0) is 21.3. The molecule has 0 atom stereocenters. The summed E-state index contributed by atoms with van der Waals surface area (Å²) in [5.74, 6) is -2.83. The monoisotopic (exact) mass is 442 g/mol. The average Bonchev–Trinajstić information content (AvgIpc) is 2.52. The molecule has 2 aromatic carbocycles. The van der Waals surface area contributed by atoms with Gasteiger partial charge in [-0.1, -0.05) is 6.07 Å². The van der Waals surface area contributed by atoms with Crippen LogP contribution >= 0.6 is 23.5 Å². The van der Waals surface area contributed by atoms with E-state index in [1.165, 1.54) is 19.1 Å². The van der Waals surface area contributed by atoms with Gasteiger partial charge in [0.15, 0.2) is 0 Å². The molecular formula is C19H17F7S2. The minimum Gasteiger partial charge on any atom is -0.206 e. The highest BCUT2D eigenvalue weighted by atomic mass is 32.2. The molecule has 0 saturated heterocycles. The Morgan fingerprint density at radius 3 is 1.54 bits per heavy atom. The Morgan fingerprint density at radius 1 is 0.643 bits per heavy atom. The van der Waals surface area contributed by atoms with E-state index in [0.29, 0.717) is 50.7 Å². The predicted octanol–water partition coefficient (Wildman–Crippen LogP) is 7.73. The van der Waals surface area contributed by atoms with Crippen molar-refractivity contribution in [2.45, 2.75) is 42.9 Å². The van der Waals surface area contributed by atoms with Crippen LogP contribution in [0.3, 0.4) is 0 Å². The molecule has 0 aliphatic rings. The molecule has 0 nitrogen and oxygen atoms in total. The van der Waals surface area contributed by atoms with Gasteiger partial charge in [0.25, 0.3) is 0 Å². The number of benzene rings is 2. The van der Waals surface area contributed by atoms with Crippen molar-refractivity contribution < 1.29 is 30.7 Å². The highest BCUT2D eigenvalue weighted by molar-refractivity contribution is 7.99. The molecule has 154 valence electrons. The van der Waals surface area contributed by atoms with Crippen LogP contribution in [-0.2, 0) is 0 Å². The van der Waals surface area contributed by atoms with E-state index in [-0.39, 0.29) is 10.5 Å². The van der Waals surface area contributed by atoms with Gasteiger partial charge in [-0.05, 0) is 61.2 Å². The maximum atomic E-state index is 14.6. The van der Waals surface area contributed by atoms with Gasteiger partial charge in [-0.15, -0.1) is 23.5 Å². The summed E-state index contributed by atoms with van der Waals surface area (Å²) in [6, 6.07) is 5.59. The van der Waals surface area contributed by atoms with Crippen LogP contribution in [0.25, 0.3) is 11.1 Å². The van der Waals surface area contributed by atoms with Gasteiger partial charge in [0.1, 0.15) is 5.82 Å². The average molecular weight is 442 g/mol. The molecule has 0 aliphatic carbocycles. The van der Waals surface area contributed by atoms with Gasteiger partial charge in [-0.3, -0.25) is 0 Å². The number of hydrogen-bond donors (Lipinski definition) is 0. The van der Waals surface area contributed by atoms with Crippen LogP contribution < -0.4 is 0 Å². The van der Waals surface area contributed by atoms with Crippen molar-refractivity contribution in [2.75, 3.05) is 11.5 Å². The summed E-state index contributed by atoms with van der Waals surface area (Å²) in [4.78, 5) is 0.626. The van der Waals surface area contributed by atoms with Crippen LogP contribution in [-0.4, -0.2) is 23.9 Å². The summed E-state index contributed by atoms with van der Waals surface area (Å²) in [5.41, 5.74) is 2.05. The molecule has 2 aromatic rings. The molecule has 2 rings (SSSR count). The van der Waals surface area contributed by atoms with Gasteiger partial charge < -0.3 is 0 Å². The molecule has 0 spiro atoms. The number of alkyl halides is 6. The van der Waals surface area contributed by atoms with Crippen molar-refractivity contribution >= 4 is 23.5 Å². The Morgan fingerprint density at radius 2 is 1.07 bits per heavy atom. The first-order chi connectivity index (χ1) is 12.8. The molecule has 0 fully saturated rings. The van der Waals surface area contributed by atoms with Crippen molar-refractivity contribution in [3.05, 3.63) is 46.8 Å². The lowest BCUT2D eigenvalue weighted by molar-refractivity contribution is -0.106. The Bertz CT molecular complexity index is 783. The fraction of sp³-hybridized carbons (Fsp3) is 0.368. The van der Waals surface area contributed by atoms with Gasteiger partial charge in [0.05, 0.1) is 11.5 Å². The summed E-state index contributed by atoms with van der Waals surface area (Å²) in [7, 11) is 0. The van der Waals surface area contributed by atoms with E-state index in [1.807, 2.05) is 0 Å². The molecule has 0 amide bonds. The van der Waals surface area contributed by atoms with E-state index in [2.05, 4.69) is 0 Å². The Kier molecular flexibility index (Phi) is 7.02. The Hall–Kier alpha value is -1.35. The lowest BCUT2D eigenvalue weighted by Crippen LogP contribution is -2.11. The zero-order valence-electron chi connectivity index (χ0n) is 15.2. The smallest absolute Gasteiger partial charge is 0.206 e. The van der Waals surface area contributed by atoms with E-state index >= 15 is 0 Å². The molecule has 0 unspecified atom stereocenters. The van der Waals surface area contributed by atoms with Crippen molar-refractivity contribution in [1.29, 1.82) is 0 Å². The van der Waals surface area contributed by atoms with Gasteiger partial charge in [0.2, 0.25) is 0 Å². The highest BCUT2D eigenvalue weighted by Gasteiger charge is 2.29. The largest absolute Gasteiger partial charge is 0.398 e. The molecule has 0 bridgehead atoms. The molecule has 0 heterocycles. The molecule has 0 saturated carbocycles. The molecule has 0 radical (unpaired) electrons. The first-order valence-corrected chi connectivity index (χ1v) is 10.0. The molecule has 0 N–H and O–H groups in total. The quantitative estimate of drug-likeness (QED) is 0.343. The van der Waals surface area contributed by atoms with Gasteiger partial charge in [-0.25, -0.2) is 4.39 Å². The first-order valence-electron chi connectivity index (χ1n) is 8.07. The van der Waals surface area contributed by atoms with E-state index in [1.54, 1.807) is 19.9 Å². The minimum atomic E-state index is -4.37. The molecule has 0 aromatic heterocycles. The number of halogens is 7. The van der Waals surface area contributed by atoms with E-state index in [4.69, 9.17) is 0 Å². The van der Waals surface area contributed by atoms with E-state index in [9.17, 15) is 30.7 Å². The van der Waals surface area contributed by atoms with Crippen LogP contribution in [0.1, 0.15) is 16.7 Å². The number of aryl methyl sites for hydroxylation is 3. The summed E-state index contributed by atoms with van der Waals surface area (Å²) in [6.07, 6.45) is -8.72. The normalized spacial score (nSPS) is 12.5. The number of thioether (sulfide) groups is 2. The van der Waals surface area contributed by atoms with Gasteiger partial charge in [-0.2, -0.15) is 26.3 Å². The standard InChI is InChI=1S/C19H17F7S2/c1-10-4-11(2)16(27-8-18(21,22)23)6-13(10)14-7-17(12(3)5-15(14)20)28-9-19(24,25)26/h4-7H,8-9H2,1-3H3. The van der Waals surface area contributed by atoms with Gasteiger partial charge >= 0.3 is 12.4 Å². The van der Waals surface area contributed by atoms with Crippen LogP contribution in [0.15, 0.2) is 34.1 Å². The fourth-order valence-corrected chi connectivity index (χ4v) is 4.23. The van der Waals surface area contributed by atoms with Crippen LogP contribution in [0, 0.1) is 26.6 Å². The molecular weight excluding hydrogens is 425 g/mol. The highest BCUT2D eigenvalue weighted by Crippen LogP contribution is 2.38. The van der Waals surface area contributed by atoms with Crippen molar-refractivity contribution in [3.8, 4) is 11.1 Å². The zero-order valence-corrected chi connectivity index (χ0v) is 16.8. The molecule has 28 heavy (non-hydrogen) atoms. The van der Waals surface area contributed by atoms with Crippen LogP contribution in [0.4, 0.5) is 30.7 Å². The van der Waals surface area contributed by atoms with E-state index in [0.717, 1.165) is 6.07 Å². The number of rotatable bonds is 5. The third-order valence-electron chi connectivity index (χ3n) is 3.86. The Balaban J connectivity index is 2.45. The fourth-order valence-electron chi connectivity index (χ4n) is 2.61. The van der Waals surface area contributed by atoms with Crippen molar-refractivity contribution in [2.24, 2.45) is 0 Å². The number of hydrogen-bond acceptors (Lipinski definition) is 2. The molecule has 0 aliphatic heterocycles. The third kappa shape index (κ3) is 6.34. The summed E-state index contributed by atoms with van der Waals surface area (Å²) in [5, 5.41) is 0. The van der Waals surface area contributed by atoms with Crippen LogP contribution in [0.5, 0.6) is 0 Å². The lowest BCUT2D eigenvalue weighted by atomic mass is 9.97. The van der Waals surface area contributed by atoms with Gasteiger partial charge in [0, 0.05) is 15.4 Å². The SMILES string of the molecule is Cc1cc(C)c(-c2cc(SCC(F)(F)F)c(C)cc2F)cc1SCC(F)(F)F.